The van der Waals surface area contributed by atoms with E-state index in [1.807, 2.05) is 0 Å². The van der Waals surface area contributed by atoms with E-state index in [4.69, 9.17) is 17.3 Å². The summed E-state index contributed by atoms with van der Waals surface area (Å²) in [5.41, 5.74) is 6.70. The first-order valence-corrected chi connectivity index (χ1v) is 7.38. The maximum absolute atomic E-state index is 12.5. The number of rotatable bonds is 2. The van der Waals surface area contributed by atoms with Crippen molar-refractivity contribution in [3.63, 3.8) is 0 Å². The van der Waals surface area contributed by atoms with E-state index in [2.05, 4.69) is 14.9 Å². The van der Waals surface area contributed by atoms with Crippen molar-refractivity contribution in [1.82, 2.24) is 14.9 Å². The predicted molar refractivity (Wildman–Crippen MR) is 86.0 cm³/mol. The number of nitrogens with two attached hydrogens (primary N) is 1. The van der Waals surface area contributed by atoms with Gasteiger partial charge in [0.15, 0.2) is 0 Å². The maximum Gasteiger partial charge on any atom is 0.255 e. The van der Waals surface area contributed by atoms with Gasteiger partial charge in [0.2, 0.25) is 0 Å². The Labute approximate surface area is 133 Å². The van der Waals surface area contributed by atoms with Crippen LogP contribution >= 0.6 is 11.6 Å². The lowest BCUT2D eigenvalue weighted by molar-refractivity contribution is 0.0746. The molecule has 2 aromatic rings. The van der Waals surface area contributed by atoms with Crippen molar-refractivity contribution >= 4 is 29.0 Å². The number of aromatic nitrogens is 2. The molecule has 7 heteroatoms. The Balaban J connectivity index is 1.67. The lowest BCUT2D eigenvalue weighted by atomic mass is 10.1. The summed E-state index contributed by atoms with van der Waals surface area (Å²) in [4.78, 5) is 24.8. The fraction of sp³-hybridized carbons (Fsp3) is 0.267. The molecule has 1 aromatic carbocycles. The van der Waals surface area contributed by atoms with Crippen LogP contribution in [0.5, 0.6) is 0 Å². The van der Waals surface area contributed by atoms with Crippen molar-refractivity contribution in [1.29, 1.82) is 0 Å². The van der Waals surface area contributed by atoms with Crippen LogP contribution in [0.1, 0.15) is 10.4 Å². The molecule has 1 aliphatic rings. The van der Waals surface area contributed by atoms with E-state index in [0.29, 0.717) is 29.4 Å². The van der Waals surface area contributed by atoms with Crippen molar-refractivity contribution in [2.24, 2.45) is 0 Å². The summed E-state index contributed by atoms with van der Waals surface area (Å²) < 4.78 is 0. The number of halogens is 1. The summed E-state index contributed by atoms with van der Waals surface area (Å²) in [5, 5.41) is 0.390. The van der Waals surface area contributed by atoms with Crippen LogP contribution < -0.4 is 10.6 Å². The summed E-state index contributed by atoms with van der Waals surface area (Å²) in [5.74, 6) is 0.768. The molecule has 2 N–H and O–H groups in total. The Morgan fingerprint density at radius 3 is 2.59 bits per heavy atom. The van der Waals surface area contributed by atoms with E-state index < -0.39 is 0 Å². The summed E-state index contributed by atoms with van der Waals surface area (Å²) in [6.45, 7) is 2.68. The van der Waals surface area contributed by atoms with Gasteiger partial charge in [-0.05, 0) is 18.2 Å². The van der Waals surface area contributed by atoms with Crippen LogP contribution in [0.25, 0.3) is 0 Å². The zero-order valence-corrected chi connectivity index (χ0v) is 12.7. The SMILES string of the molecule is Nc1ccc(C(=O)N2CCN(c3cnccn3)CC2)c(Cl)c1. The second-order valence-electron chi connectivity index (χ2n) is 5.08. The lowest BCUT2D eigenvalue weighted by Crippen LogP contribution is -2.49. The standard InChI is InChI=1S/C15H16ClN5O/c16-13-9-11(17)1-2-12(13)15(22)21-7-5-20(6-8-21)14-10-18-3-4-19-14/h1-4,9-10H,5-8,17H2. The largest absolute Gasteiger partial charge is 0.399 e. The second-order valence-corrected chi connectivity index (χ2v) is 5.49. The highest BCUT2D eigenvalue weighted by molar-refractivity contribution is 6.34. The van der Waals surface area contributed by atoms with Crippen molar-refractivity contribution in [3.05, 3.63) is 47.4 Å². The Bertz CT molecular complexity index is 671. The molecular weight excluding hydrogens is 302 g/mol. The molecule has 1 aromatic heterocycles. The van der Waals surface area contributed by atoms with Gasteiger partial charge in [0.05, 0.1) is 16.8 Å². The number of carbonyl (C=O) groups excluding carboxylic acids is 1. The maximum atomic E-state index is 12.5. The van der Waals surface area contributed by atoms with Gasteiger partial charge in [0.1, 0.15) is 5.82 Å². The van der Waals surface area contributed by atoms with Gasteiger partial charge in [-0.1, -0.05) is 11.6 Å². The van der Waals surface area contributed by atoms with Crippen LogP contribution in [-0.2, 0) is 0 Å². The number of hydrogen-bond donors (Lipinski definition) is 1. The smallest absolute Gasteiger partial charge is 0.255 e. The molecule has 0 saturated carbocycles. The van der Waals surface area contributed by atoms with Gasteiger partial charge in [0.25, 0.3) is 5.91 Å². The number of carbonyl (C=O) groups is 1. The van der Waals surface area contributed by atoms with E-state index in [-0.39, 0.29) is 5.91 Å². The Morgan fingerprint density at radius 1 is 1.18 bits per heavy atom. The minimum Gasteiger partial charge on any atom is -0.399 e. The molecule has 1 saturated heterocycles. The van der Waals surface area contributed by atoms with Gasteiger partial charge in [-0.25, -0.2) is 4.98 Å². The topological polar surface area (TPSA) is 75.4 Å². The van der Waals surface area contributed by atoms with Crippen LogP contribution in [0.15, 0.2) is 36.8 Å². The number of anilines is 2. The van der Waals surface area contributed by atoms with Crippen molar-refractivity contribution < 1.29 is 4.79 Å². The molecule has 0 unspecified atom stereocenters. The molecule has 1 aliphatic heterocycles. The number of hydrogen-bond acceptors (Lipinski definition) is 5. The van der Waals surface area contributed by atoms with E-state index in [1.54, 1.807) is 41.7 Å². The number of nitrogen functional groups attached to an aromatic ring is 1. The van der Waals surface area contributed by atoms with E-state index in [0.717, 1.165) is 18.9 Å². The number of benzene rings is 1. The third-order valence-corrected chi connectivity index (χ3v) is 3.98. The van der Waals surface area contributed by atoms with Crippen LogP contribution in [0.2, 0.25) is 5.02 Å². The molecule has 0 radical (unpaired) electrons. The van der Waals surface area contributed by atoms with E-state index >= 15 is 0 Å². The van der Waals surface area contributed by atoms with E-state index in [1.165, 1.54) is 0 Å². The van der Waals surface area contributed by atoms with Gasteiger partial charge in [-0.3, -0.25) is 9.78 Å². The fourth-order valence-corrected chi connectivity index (χ4v) is 2.74. The van der Waals surface area contributed by atoms with Crippen LogP contribution in [-0.4, -0.2) is 47.0 Å². The quantitative estimate of drug-likeness (QED) is 0.853. The first-order chi connectivity index (χ1) is 10.6. The molecule has 1 amide bonds. The molecule has 0 aliphatic carbocycles. The fourth-order valence-electron chi connectivity index (χ4n) is 2.47. The number of nitrogens with zero attached hydrogens (tertiary/aromatic N) is 4. The van der Waals surface area contributed by atoms with Crippen molar-refractivity contribution in [2.45, 2.75) is 0 Å². The third-order valence-electron chi connectivity index (χ3n) is 3.66. The zero-order chi connectivity index (χ0) is 15.5. The highest BCUT2D eigenvalue weighted by Crippen LogP contribution is 2.22. The molecule has 0 bridgehead atoms. The van der Waals surface area contributed by atoms with Gasteiger partial charge >= 0.3 is 0 Å². The average molecular weight is 318 g/mol. The average Bonchev–Trinajstić information content (AvgIpc) is 2.55. The summed E-state index contributed by atoms with van der Waals surface area (Å²) in [6.07, 6.45) is 5.04. The highest BCUT2D eigenvalue weighted by Gasteiger charge is 2.24. The first-order valence-electron chi connectivity index (χ1n) is 7.00. The van der Waals surface area contributed by atoms with E-state index in [9.17, 15) is 4.79 Å². The monoisotopic (exact) mass is 317 g/mol. The number of amides is 1. The van der Waals surface area contributed by atoms with Crippen LogP contribution in [0.3, 0.4) is 0 Å². The van der Waals surface area contributed by atoms with Gasteiger partial charge in [-0.2, -0.15) is 0 Å². The lowest BCUT2D eigenvalue weighted by Gasteiger charge is -2.35. The molecule has 1 fully saturated rings. The van der Waals surface area contributed by atoms with Crippen molar-refractivity contribution in [2.75, 3.05) is 36.8 Å². The zero-order valence-electron chi connectivity index (χ0n) is 11.9. The van der Waals surface area contributed by atoms with Crippen molar-refractivity contribution in [3.8, 4) is 0 Å². The Hall–Kier alpha value is -2.34. The number of piperazine rings is 1. The predicted octanol–water partition coefficient (Wildman–Crippen LogP) is 1.67. The molecule has 114 valence electrons. The molecule has 6 nitrogen and oxygen atoms in total. The normalized spacial score (nSPS) is 15.0. The molecule has 3 rings (SSSR count). The Morgan fingerprint density at radius 2 is 1.95 bits per heavy atom. The molecule has 2 heterocycles. The van der Waals surface area contributed by atoms with Gasteiger partial charge < -0.3 is 15.5 Å². The van der Waals surface area contributed by atoms with Gasteiger partial charge in [-0.15, -0.1) is 0 Å². The second kappa shape index (κ2) is 6.19. The molecule has 22 heavy (non-hydrogen) atoms. The van der Waals surface area contributed by atoms with Crippen LogP contribution in [0, 0.1) is 0 Å². The minimum absolute atomic E-state index is 0.0659. The summed E-state index contributed by atoms with van der Waals surface area (Å²) in [7, 11) is 0. The van der Waals surface area contributed by atoms with Crippen LogP contribution in [0.4, 0.5) is 11.5 Å². The molecular formula is C15H16ClN5O. The van der Waals surface area contributed by atoms with Gasteiger partial charge in [0, 0.05) is 44.3 Å². The summed E-state index contributed by atoms with van der Waals surface area (Å²) >= 11 is 6.11. The first kappa shape index (κ1) is 14.6. The third kappa shape index (κ3) is 2.96. The Kier molecular flexibility index (Phi) is 4.11. The minimum atomic E-state index is -0.0659. The molecule has 0 atom stereocenters. The molecule has 0 spiro atoms. The highest BCUT2D eigenvalue weighted by atomic mass is 35.5. The summed E-state index contributed by atoms with van der Waals surface area (Å²) in [6, 6.07) is 4.97.